The fourth-order valence-corrected chi connectivity index (χ4v) is 1.11. The van der Waals surface area contributed by atoms with E-state index in [0.29, 0.717) is 0 Å². The van der Waals surface area contributed by atoms with Gasteiger partial charge in [0.15, 0.2) is 0 Å². The molecule has 1 aliphatic carbocycles. The minimum absolute atomic E-state index is 1.18. The van der Waals surface area contributed by atoms with Crippen molar-refractivity contribution in [1.29, 1.82) is 0 Å². The normalized spacial score (nSPS) is 12.1. The van der Waals surface area contributed by atoms with Crippen LogP contribution in [0.25, 0.3) is 12.2 Å². The lowest BCUT2D eigenvalue weighted by molar-refractivity contribution is 1.48. The fraction of sp³-hybridized carbons (Fsp3) is 0.111. The van der Waals surface area contributed by atoms with E-state index in [4.69, 9.17) is 0 Å². The second kappa shape index (κ2) is 1.87. The lowest BCUT2D eigenvalue weighted by Gasteiger charge is -2.11. The molecule has 0 fully saturated rings. The molecule has 0 heterocycles. The molecular formula is C9H9N. The summed E-state index contributed by atoms with van der Waals surface area (Å²) in [6.07, 6.45) is 4.24. The summed E-state index contributed by atoms with van der Waals surface area (Å²) in [5.74, 6) is 0. The van der Waals surface area contributed by atoms with Crippen molar-refractivity contribution in [1.82, 2.24) is 0 Å². The molecule has 0 aliphatic heterocycles. The molecule has 0 bridgehead atoms. The van der Waals surface area contributed by atoms with E-state index >= 15 is 0 Å². The van der Waals surface area contributed by atoms with E-state index in [2.05, 4.69) is 35.7 Å². The lowest BCUT2D eigenvalue weighted by atomic mass is 9.97. The Bertz CT molecular complexity index is 287. The zero-order chi connectivity index (χ0) is 6.97. The fourth-order valence-electron chi connectivity index (χ4n) is 1.11. The summed E-state index contributed by atoms with van der Waals surface area (Å²) in [6, 6.07) is 6.36. The maximum absolute atomic E-state index is 3.10. The Labute approximate surface area is 60.4 Å². The Morgan fingerprint density at radius 3 is 2.40 bits per heavy atom. The van der Waals surface area contributed by atoms with Crippen LogP contribution in [0, 0.1) is 0 Å². The Morgan fingerprint density at radius 2 is 1.90 bits per heavy atom. The van der Waals surface area contributed by atoms with Crippen molar-refractivity contribution in [3.63, 3.8) is 0 Å². The van der Waals surface area contributed by atoms with Gasteiger partial charge in [0.05, 0.1) is 0 Å². The maximum atomic E-state index is 3.10. The third kappa shape index (κ3) is 0.637. The average Bonchev–Trinajstić information content (AvgIpc) is 1.92. The van der Waals surface area contributed by atoms with Gasteiger partial charge in [-0.05, 0) is 23.3 Å². The van der Waals surface area contributed by atoms with E-state index in [1.165, 1.54) is 16.8 Å². The molecule has 0 amide bonds. The van der Waals surface area contributed by atoms with Crippen molar-refractivity contribution < 1.29 is 0 Å². The Kier molecular flexibility index (Phi) is 1.04. The highest BCUT2D eigenvalue weighted by Crippen LogP contribution is 2.25. The quantitative estimate of drug-likeness (QED) is 0.625. The van der Waals surface area contributed by atoms with Crippen LogP contribution in [0.5, 0.6) is 0 Å². The van der Waals surface area contributed by atoms with Crippen LogP contribution >= 0.6 is 0 Å². The molecule has 2 rings (SSSR count). The zero-order valence-corrected chi connectivity index (χ0v) is 5.89. The van der Waals surface area contributed by atoms with Crippen molar-refractivity contribution in [2.45, 2.75) is 0 Å². The van der Waals surface area contributed by atoms with Gasteiger partial charge in [-0.3, -0.25) is 0 Å². The summed E-state index contributed by atoms with van der Waals surface area (Å²) >= 11 is 0. The molecule has 0 aromatic heterocycles. The number of rotatable bonds is 1. The van der Waals surface area contributed by atoms with E-state index < -0.39 is 0 Å². The summed E-state index contributed by atoms with van der Waals surface area (Å²) in [7, 11) is 1.93. The molecule has 1 nitrogen and oxygen atoms in total. The smallest absolute Gasteiger partial charge is 0.0343 e. The molecule has 1 heteroatoms. The Balaban J connectivity index is 2.46. The predicted octanol–water partition coefficient (Wildman–Crippen LogP) is 2.21. The summed E-state index contributed by atoms with van der Waals surface area (Å²) < 4.78 is 0. The van der Waals surface area contributed by atoms with Crippen molar-refractivity contribution in [3.05, 3.63) is 29.3 Å². The standard InChI is InChI=1S/C9H9N/c1-10-9-5-4-7-2-3-8(7)6-9/h2-6,10H,1H3. The van der Waals surface area contributed by atoms with Gasteiger partial charge in [-0.25, -0.2) is 0 Å². The summed E-state index contributed by atoms with van der Waals surface area (Å²) in [5.41, 5.74) is 3.87. The first-order chi connectivity index (χ1) is 4.90. The first-order valence-electron chi connectivity index (χ1n) is 3.40. The number of fused-ring (bicyclic) bond motifs is 1. The lowest BCUT2D eigenvalue weighted by Crippen LogP contribution is -1.93. The van der Waals surface area contributed by atoms with Crippen LogP contribution in [0.3, 0.4) is 0 Å². The van der Waals surface area contributed by atoms with Crippen molar-refractivity contribution in [2.24, 2.45) is 0 Å². The third-order valence-electron chi connectivity index (χ3n) is 1.82. The van der Waals surface area contributed by atoms with E-state index in [-0.39, 0.29) is 0 Å². The molecule has 0 spiro atoms. The summed E-state index contributed by atoms with van der Waals surface area (Å²) in [6.45, 7) is 0. The number of anilines is 1. The van der Waals surface area contributed by atoms with E-state index in [9.17, 15) is 0 Å². The van der Waals surface area contributed by atoms with E-state index in [0.717, 1.165) is 0 Å². The van der Waals surface area contributed by atoms with E-state index in [1.54, 1.807) is 0 Å². The van der Waals surface area contributed by atoms with Gasteiger partial charge in [0.25, 0.3) is 0 Å². The van der Waals surface area contributed by atoms with Gasteiger partial charge in [0.2, 0.25) is 0 Å². The van der Waals surface area contributed by atoms with Gasteiger partial charge < -0.3 is 5.32 Å². The highest BCUT2D eigenvalue weighted by molar-refractivity contribution is 5.87. The van der Waals surface area contributed by atoms with Crippen LogP contribution in [-0.2, 0) is 0 Å². The van der Waals surface area contributed by atoms with Crippen molar-refractivity contribution in [3.8, 4) is 0 Å². The Morgan fingerprint density at radius 1 is 1.10 bits per heavy atom. The second-order valence-corrected chi connectivity index (χ2v) is 2.43. The summed E-state index contributed by atoms with van der Waals surface area (Å²) in [4.78, 5) is 0. The number of hydrogen-bond donors (Lipinski definition) is 1. The highest BCUT2D eigenvalue weighted by atomic mass is 14.8. The first-order valence-corrected chi connectivity index (χ1v) is 3.40. The minimum atomic E-state index is 1.18. The molecule has 1 aliphatic rings. The van der Waals surface area contributed by atoms with Crippen LogP contribution in [-0.4, -0.2) is 7.05 Å². The largest absolute Gasteiger partial charge is 0.388 e. The topological polar surface area (TPSA) is 12.0 Å². The van der Waals surface area contributed by atoms with Gasteiger partial charge in [-0.2, -0.15) is 0 Å². The van der Waals surface area contributed by atoms with Crippen molar-refractivity contribution >= 4 is 17.8 Å². The van der Waals surface area contributed by atoms with Crippen LogP contribution in [0.15, 0.2) is 18.2 Å². The molecule has 1 aromatic carbocycles. The molecular weight excluding hydrogens is 122 g/mol. The molecule has 1 N–H and O–H groups in total. The molecule has 1 aromatic rings. The van der Waals surface area contributed by atoms with Gasteiger partial charge in [0, 0.05) is 12.7 Å². The summed E-state index contributed by atoms with van der Waals surface area (Å²) in [5, 5.41) is 3.10. The third-order valence-corrected chi connectivity index (χ3v) is 1.82. The Hall–Kier alpha value is -1.24. The monoisotopic (exact) mass is 131 g/mol. The van der Waals surface area contributed by atoms with Gasteiger partial charge >= 0.3 is 0 Å². The highest BCUT2D eigenvalue weighted by Gasteiger charge is 2.03. The first kappa shape index (κ1) is 5.54. The number of nitrogens with one attached hydrogen (secondary N) is 1. The second-order valence-electron chi connectivity index (χ2n) is 2.43. The van der Waals surface area contributed by atoms with Gasteiger partial charge in [-0.1, -0.05) is 18.2 Å². The van der Waals surface area contributed by atoms with E-state index in [1.807, 2.05) is 7.05 Å². The zero-order valence-electron chi connectivity index (χ0n) is 5.89. The molecule has 0 radical (unpaired) electrons. The van der Waals surface area contributed by atoms with Crippen LogP contribution in [0.1, 0.15) is 11.1 Å². The maximum Gasteiger partial charge on any atom is 0.0343 e. The molecule has 0 unspecified atom stereocenters. The van der Waals surface area contributed by atoms with Crippen molar-refractivity contribution in [2.75, 3.05) is 12.4 Å². The van der Waals surface area contributed by atoms with Gasteiger partial charge in [0.1, 0.15) is 0 Å². The SMILES string of the molecule is CNc1ccc2c(c1)C=C2. The van der Waals surface area contributed by atoms with Gasteiger partial charge in [-0.15, -0.1) is 0 Å². The molecule has 50 valence electrons. The predicted molar refractivity (Wildman–Crippen MR) is 44.9 cm³/mol. The van der Waals surface area contributed by atoms with Crippen LogP contribution in [0.4, 0.5) is 5.69 Å². The number of benzene rings is 1. The van der Waals surface area contributed by atoms with Crippen LogP contribution < -0.4 is 5.32 Å². The molecule has 10 heavy (non-hydrogen) atoms. The molecule has 0 atom stereocenters. The number of hydrogen-bond acceptors (Lipinski definition) is 1. The molecule has 0 saturated heterocycles. The van der Waals surface area contributed by atoms with Crippen LogP contribution in [0.2, 0.25) is 0 Å². The average molecular weight is 131 g/mol. The minimum Gasteiger partial charge on any atom is -0.388 e. The molecule has 0 saturated carbocycles.